The zero-order chi connectivity index (χ0) is 18.1. The standard InChI is InChI=1S/C18H22N6O2/c1-3-13-15-16(20-21-17(15)23(2)22-13)19-18(25)12-6-4-5-7-14(12)24-8-10-26-11-9-24/h4-7H,3,8-11H2,1-2H3,(H2,19,20,21,25). The lowest BCUT2D eigenvalue weighted by Crippen LogP contribution is -2.37. The van der Waals surface area contributed by atoms with Crippen molar-refractivity contribution >= 4 is 28.4 Å². The Morgan fingerprint density at radius 1 is 1.31 bits per heavy atom. The van der Waals surface area contributed by atoms with E-state index in [-0.39, 0.29) is 5.91 Å². The second kappa shape index (κ2) is 6.80. The van der Waals surface area contributed by atoms with E-state index in [1.54, 1.807) is 4.68 Å². The number of rotatable bonds is 4. The van der Waals surface area contributed by atoms with Gasteiger partial charge in [-0.1, -0.05) is 19.1 Å². The largest absolute Gasteiger partial charge is 0.378 e. The highest BCUT2D eigenvalue weighted by Crippen LogP contribution is 2.27. The molecule has 0 aliphatic carbocycles. The van der Waals surface area contributed by atoms with Crippen molar-refractivity contribution in [1.29, 1.82) is 0 Å². The Morgan fingerprint density at radius 3 is 2.85 bits per heavy atom. The topological polar surface area (TPSA) is 88.1 Å². The van der Waals surface area contributed by atoms with E-state index in [1.807, 2.05) is 38.2 Å². The summed E-state index contributed by atoms with van der Waals surface area (Å²) in [4.78, 5) is 15.2. The first kappa shape index (κ1) is 16.6. The molecule has 8 nitrogen and oxygen atoms in total. The predicted molar refractivity (Wildman–Crippen MR) is 99.7 cm³/mol. The second-order valence-electron chi connectivity index (χ2n) is 6.29. The van der Waals surface area contributed by atoms with Gasteiger partial charge in [-0.3, -0.25) is 9.89 Å². The van der Waals surface area contributed by atoms with Gasteiger partial charge < -0.3 is 15.0 Å². The summed E-state index contributed by atoms with van der Waals surface area (Å²) in [6.07, 6.45) is 0.768. The highest BCUT2D eigenvalue weighted by molar-refractivity contribution is 6.10. The highest BCUT2D eigenvalue weighted by Gasteiger charge is 2.21. The third-order valence-electron chi connectivity index (χ3n) is 4.69. The fraction of sp³-hybridized carbons (Fsp3) is 0.389. The summed E-state index contributed by atoms with van der Waals surface area (Å²) in [6.45, 7) is 4.94. The Kier molecular flexibility index (Phi) is 4.34. The minimum Gasteiger partial charge on any atom is -0.378 e. The molecule has 3 aromatic rings. The average molecular weight is 354 g/mol. The minimum absolute atomic E-state index is 0.163. The highest BCUT2D eigenvalue weighted by atomic mass is 16.5. The van der Waals surface area contributed by atoms with Gasteiger partial charge in [0, 0.05) is 25.8 Å². The van der Waals surface area contributed by atoms with Crippen molar-refractivity contribution in [2.45, 2.75) is 13.3 Å². The van der Waals surface area contributed by atoms with Gasteiger partial charge in [0.15, 0.2) is 5.65 Å². The van der Waals surface area contributed by atoms with E-state index in [2.05, 4.69) is 25.5 Å². The maximum atomic E-state index is 13.0. The van der Waals surface area contributed by atoms with Gasteiger partial charge in [0.2, 0.25) is 0 Å². The molecule has 1 aliphatic rings. The van der Waals surface area contributed by atoms with Crippen LogP contribution < -0.4 is 10.2 Å². The number of aryl methyl sites for hydroxylation is 2. The van der Waals surface area contributed by atoms with Crippen LogP contribution in [0.15, 0.2) is 24.3 Å². The summed E-state index contributed by atoms with van der Waals surface area (Å²) in [5.41, 5.74) is 3.21. The summed E-state index contributed by atoms with van der Waals surface area (Å²) in [5, 5.41) is 15.5. The average Bonchev–Trinajstić information content (AvgIpc) is 3.24. The summed E-state index contributed by atoms with van der Waals surface area (Å²) >= 11 is 0. The molecule has 4 rings (SSSR count). The van der Waals surface area contributed by atoms with Gasteiger partial charge in [-0.05, 0) is 18.6 Å². The first-order valence-electron chi connectivity index (χ1n) is 8.82. The number of aromatic amines is 1. The Labute approximate surface area is 151 Å². The Hall–Kier alpha value is -2.87. The Bertz CT molecular complexity index is 938. The van der Waals surface area contributed by atoms with Crippen molar-refractivity contribution in [2.24, 2.45) is 7.05 Å². The Balaban J connectivity index is 1.65. The first-order chi connectivity index (χ1) is 12.7. The zero-order valence-corrected chi connectivity index (χ0v) is 15.0. The molecule has 26 heavy (non-hydrogen) atoms. The van der Waals surface area contributed by atoms with Crippen molar-refractivity contribution in [3.8, 4) is 0 Å². The van der Waals surface area contributed by atoms with Crippen LogP contribution in [0.4, 0.5) is 11.5 Å². The number of aromatic nitrogens is 4. The van der Waals surface area contributed by atoms with Gasteiger partial charge in [0.05, 0.1) is 29.9 Å². The Morgan fingerprint density at radius 2 is 2.08 bits per heavy atom. The number of amides is 1. The van der Waals surface area contributed by atoms with Crippen LogP contribution in [0.5, 0.6) is 0 Å². The first-order valence-corrected chi connectivity index (χ1v) is 8.82. The maximum absolute atomic E-state index is 13.0. The number of ether oxygens (including phenoxy) is 1. The van der Waals surface area contributed by atoms with E-state index in [1.165, 1.54) is 0 Å². The van der Waals surface area contributed by atoms with Crippen LogP contribution >= 0.6 is 0 Å². The van der Waals surface area contributed by atoms with Gasteiger partial charge in [-0.2, -0.15) is 10.2 Å². The van der Waals surface area contributed by atoms with E-state index in [0.29, 0.717) is 24.6 Å². The molecule has 0 spiro atoms. The van der Waals surface area contributed by atoms with Crippen molar-refractivity contribution in [1.82, 2.24) is 20.0 Å². The lowest BCUT2D eigenvalue weighted by atomic mass is 10.1. The number of para-hydroxylation sites is 1. The molecule has 0 saturated carbocycles. The van der Waals surface area contributed by atoms with Crippen LogP contribution in [0.2, 0.25) is 0 Å². The second-order valence-corrected chi connectivity index (χ2v) is 6.29. The van der Waals surface area contributed by atoms with E-state index in [0.717, 1.165) is 41.9 Å². The molecule has 3 heterocycles. The smallest absolute Gasteiger partial charge is 0.258 e. The lowest BCUT2D eigenvalue weighted by molar-refractivity contribution is 0.102. The molecular formula is C18H22N6O2. The summed E-state index contributed by atoms with van der Waals surface area (Å²) < 4.78 is 7.14. The summed E-state index contributed by atoms with van der Waals surface area (Å²) in [7, 11) is 1.85. The summed E-state index contributed by atoms with van der Waals surface area (Å²) in [6, 6.07) is 7.65. The van der Waals surface area contributed by atoms with Crippen LogP contribution in [-0.4, -0.2) is 52.2 Å². The van der Waals surface area contributed by atoms with Crippen molar-refractivity contribution in [3.63, 3.8) is 0 Å². The summed E-state index contributed by atoms with van der Waals surface area (Å²) in [5.74, 6) is 0.426. The molecule has 1 amide bonds. The van der Waals surface area contributed by atoms with Gasteiger partial charge in [-0.25, -0.2) is 4.68 Å². The molecular weight excluding hydrogens is 332 g/mol. The minimum atomic E-state index is -0.163. The van der Waals surface area contributed by atoms with E-state index >= 15 is 0 Å². The third-order valence-corrected chi connectivity index (χ3v) is 4.69. The van der Waals surface area contributed by atoms with Crippen LogP contribution in [0, 0.1) is 0 Å². The van der Waals surface area contributed by atoms with E-state index in [4.69, 9.17) is 4.74 Å². The monoisotopic (exact) mass is 354 g/mol. The zero-order valence-electron chi connectivity index (χ0n) is 15.0. The molecule has 0 atom stereocenters. The van der Waals surface area contributed by atoms with Crippen LogP contribution in [0.1, 0.15) is 23.0 Å². The molecule has 0 radical (unpaired) electrons. The number of hydrogen-bond donors (Lipinski definition) is 2. The van der Waals surface area contributed by atoms with E-state index in [9.17, 15) is 4.79 Å². The SMILES string of the molecule is CCc1nn(C)c2n[nH]c(NC(=O)c3ccccc3N3CCOCC3)c12. The molecule has 2 N–H and O–H groups in total. The quantitative estimate of drug-likeness (QED) is 0.748. The number of carbonyl (C=O) groups excluding carboxylic acids is 1. The number of morpholine rings is 1. The molecule has 8 heteroatoms. The molecule has 0 bridgehead atoms. The molecule has 1 aliphatic heterocycles. The number of carbonyl (C=O) groups is 1. The molecule has 1 saturated heterocycles. The number of nitrogens with zero attached hydrogens (tertiary/aromatic N) is 4. The number of nitrogens with one attached hydrogen (secondary N) is 2. The molecule has 0 unspecified atom stereocenters. The molecule has 2 aromatic heterocycles. The van der Waals surface area contributed by atoms with Crippen LogP contribution in [-0.2, 0) is 18.2 Å². The fourth-order valence-corrected chi connectivity index (χ4v) is 3.38. The van der Waals surface area contributed by atoms with Crippen LogP contribution in [0.25, 0.3) is 11.0 Å². The lowest BCUT2D eigenvalue weighted by Gasteiger charge is -2.30. The third kappa shape index (κ3) is 2.82. The number of anilines is 2. The van der Waals surface area contributed by atoms with Crippen molar-refractivity contribution in [3.05, 3.63) is 35.5 Å². The fourth-order valence-electron chi connectivity index (χ4n) is 3.38. The molecule has 1 fully saturated rings. The molecule has 136 valence electrons. The van der Waals surface area contributed by atoms with Crippen molar-refractivity contribution < 1.29 is 9.53 Å². The number of fused-ring (bicyclic) bond motifs is 1. The number of hydrogen-bond acceptors (Lipinski definition) is 5. The maximum Gasteiger partial charge on any atom is 0.258 e. The molecule has 1 aromatic carbocycles. The predicted octanol–water partition coefficient (Wildman–Crippen LogP) is 1.95. The number of H-pyrrole nitrogens is 1. The van der Waals surface area contributed by atoms with Gasteiger partial charge in [0.25, 0.3) is 5.91 Å². The normalized spacial score (nSPS) is 14.8. The van der Waals surface area contributed by atoms with Crippen LogP contribution in [0.3, 0.4) is 0 Å². The van der Waals surface area contributed by atoms with Crippen molar-refractivity contribution in [2.75, 3.05) is 36.5 Å². The van der Waals surface area contributed by atoms with E-state index < -0.39 is 0 Å². The van der Waals surface area contributed by atoms with Gasteiger partial charge >= 0.3 is 0 Å². The van der Waals surface area contributed by atoms with Gasteiger partial charge in [-0.15, -0.1) is 0 Å². The number of benzene rings is 1. The van der Waals surface area contributed by atoms with Gasteiger partial charge in [0.1, 0.15) is 5.82 Å².